The van der Waals surface area contributed by atoms with Gasteiger partial charge in [0.1, 0.15) is 0 Å². The second-order valence-corrected chi connectivity index (χ2v) is 5.70. The molecule has 2 aromatic rings. The van der Waals surface area contributed by atoms with Gasteiger partial charge in [-0.05, 0) is 54.7 Å². The fraction of sp³-hybridized carbons (Fsp3) is 0.263. The average Bonchev–Trinajstić information content (AvgIpc) is 2.54. The summed E-state index contributed by atoms with van der Waals surface area (Å²) in [6.45, 7) is 4.55. The van der Waals surface area contributed by atoms with Crippen molar-refractivity contribution in [1.82, 2.24) is 5.32 Å². The standard InChI is InChI=1S/C19H21NO3/c1-13-3-4-15(11-14(13)2)7-10-18(21)20-12-16-5-8-17(9-6-16)19(22)23/h3-6,8-9,11H,7,10,12H2,1-2H3,(H,20,21)(H,22,23). The summed E-state index contributed by atoms with van der Waals surface area (Å²) in [5.41, 5.74) is 4.78. The van der Waals surface area contributed by atoms with Crippen LogP contribution in [0.5, 0.6) is 0 Å². The van der Waals surface area contributed by atoms with Crippen LogP contribution >= 0.6 is 0 Å². The summed E-state index contributed by atoms with van der Waals surface area (Å²) in [5, 5.41) is 11.7. The van der Waals surface area contributed by atoms with Gasteiger partial charge in [0, 0.05) is 13.0 Å². The van der Waals surface area contributed by atoms with Gasteiger partial charge in [-0.3, -0.25) is 4.79 Å². The van der Waals surface area contributed by atoms with E-state index >= 15 is 0 Å². The molecule has 0 spiro atoms. The normalized spacial score (nSPS) is 10.3. The molecule has 1 amide bonds. The number of aromatic carboxylic acids is 1. The molecule has 0 aliphatic heterocycles. The first-order chi connectivity index (χ1) is 11.0. The molecule has 0 bridgehead atoms. The first-order valence-corrected chi connectivity index (χ1v) is 7.61. The van der Waals surface area contributed by atoms with E-state index in [1.54, 1.807) is 24.3 Å². The largest absolute Gasteiger partial charge is 0.478 e. The maximum atomic E-state index is 11.9. The SMILES string of the molecule is Cc1ccc(CCC(=O)NCc2ccc(C(=O)O)cc2)cc1C. The smallest absolute Gasteiger partial charge is 0.335 e. The van der Waals surface area contributed by atoms with E-state index in [-0.39, 0.29) is 11.5 Å². The van der Waals surface area contributed by atoms with Crippen LogP contribution in [0, 0.1) is 13.8 Å². The predicted molar refractivity (Wildman–Crippen MR) is 89.5 cm³/mol. The number of benzene rings is 2. The third-order valence-corrected chi connectivity index (χ3v) is 3.90. The molecule has 0 heterocycles. The van der Waals surface area contributed by atoms with E-state index in [1.165, 1.54) is 11.1 Å². The van der Waals surface area contributed by atoms with Gasteiger partial charge in [0.05, 0.1) is 5.56 Å². The molecule has 4 nitrogen and oxygen atoms in total. The van der Waals surface area contributed by atoms with Crippen LogP contribution in [0.25, 0.3) is 0 Å². The molecule has 0 atom stereocenters. The Hall–Kier alpha value is -2.62. The van der Waals surface area contributed by atoms with E-state index in [4.69, 9.17) is 5.11 Å². The van der Waals surface area contributed by atoms with Crippen molar-refractivity contribution >= 4 is 11.9 Å². The lowest BCUT2D eigenvalue weighted by Gasteiger charge is -2.07. The van der Waals surface area contributed by atoms with Crippen molar-refractivity contribution in [3.63, 3.8) is 0 Å². The zero-order chi connectivity index (χ0) is 16.8. The van der Waals surface area contributed by atoms with Crippen LogP contribution in [0.1, 0.15) is 39.0 Å². The monoisotopic (exact) mass is 311 g/mol. The Morgan fingerprint density at radius 2 is 1.61 bits per heavy atom. The highest BCUT2D eigenvalue weighted by atomic mass is 16.4. The molecule has 0 saturated heterocycles. The van der Waals surface area contributed by atoms with Gasteiger partial charge < -0.3 is 10.4 Å². The first-order valence-electron chi connectivity index (χ1n) is 7.61. The molecule has 2 rings (SSSR count). The van der Waals surface area contributed by atoms with Crippen LogP contribution in [-0.2, 0) is 17.8 Å². The van der Waals surface area contributed by atoms with E-state index in [0.29, 0.717) is 19.4 Å². The molecular weight excluding hydrogens is 290 g/mol. The number of aryl methyl sites for hydroxylation is 3. The van der Waals surface area contributed by atoms with Crippen molar-refractivity contribution in [3.05, 3.63) is 70.3 Å². The summed E-state index contributed by atoms with van der Waals surface area (Å²) >= 11 is 0. The molecule has 0 aliphatic carbocycles. The molecule has 4 heteroatoms. The number of hydrogen-bond acceptors (Lipinski definition) is 2. The average molecular weight is 311 g/mol. The molecular formula is C19H21NO3. The highest BCUT2D eigenvalue weighted by Gasteiger charge is 2.05. The van der Waals surface area contributed by atoms with Crippen LogP contribution in [-0.4, -0.2) is 17.0 Å². The van der Waals surface area contributed by atoms with E-state index in [0.717, 1.165) is 11.1 Å². The number of carbonyl (C=O) groups excluding carboxylic acids is 1. The molecule has 0 aliphatic rings. The third kappa shape index (κ3) is 4.95. The van der Waals surface area contributed by atoms with Crippen molar-refractivity contribution in [3.8, 4) is 0 Å². The van der Waals surface area contributed by atoms with Gasteiger partial charge in [-0.2, -0.15) is 0 Å². The maximum absolute atomic E-state index is 11.9. The number of hydrogen-bond donors (Lipinski definition) is 2. The Balaban J connectivity index is 1.80. The van der Waals surface area contributed by atoms with E-state index < -0.39 is 5.97 Å². The van der Waals surface area contributed by atoms with Gasteiger partial charge >= 0.3 is 5.97 Å². The zero-order valence-electron chi connectivity index (χ0n) is 13.4. The van der Waals surface area contributed by atoms with Gasteiger partial charge in [0.2, 0.25) is 5.91 Å². The molecule has 2 N–H and O–H groups in total. The number of rotatable bonds is 6. The predicted octanol–water partition coefficient (Wildman–Crippen LogP) is 3.25. The minimum atomic E-state index is -0.950. The highest BCUT2D eigenvalue weighted by Crippen LogP contribution is 2.11. The van der Waals surface area contributed by atoms with Crippen LogP contribution < -0.4 is 5.32 Å². The van der Waals surface area contributed by atoms with Gasteiger partial charge in [-0.25, -0.2) is 4.79 Å². The van der Waals surface area contributed by atoms with Crippen LogP contribution in [0.3, 0.4) is 0 Å². The summed E-state index contributed by atoms with van der Waals surface area (Å²) in [6, 6.07) is 12.8. The Bertz CT molecular complexity index is 705. The molecule has 2 aromatic carbocycles. The Morgan fingerprint density at radius 3 is 2.22 bits per heavy atom. The molecule has 0 saturated carbocycles. The Morgan fingerprint density at radius 1 is 0.957 bits per heavy atom. The Kier molecular flexibility index (Phi) is 5.52. The summed E-state index contributed by atoms with van der Waals surface area (Å²) in [4.78, 5) is 22.7. The maximum Gasteiger partial charge on any atom is 0.335 e. The first kappa shape index (κ1) is 16.7. The van der Waals surface area contributed by atoms with Gasteiger partial charge in [-0.1, -0.05) is 30.3 Å². The van der Waals surface area contributed by atoms with Gasteiger partial charge in [0.15, 0.2) is 0 Å². The summed E-state index contributed by atoms with van der Waals surface area (Å²) in [7, 11) is 0. The van der Waals surface area contributed by atoms with Crippen molar-refractivity contribution in [1.29, 1.82) is 0 Å². The van der Waals surface area contributed by atoms with Gasteiger partial charge in [0.25, 0.3) is 0 Å². The summed E-state index contributed by atoms with van der Waals surface area (Å²) in [6.07, 6.45) is 1.15. The van der Waals surface area contributed by atoms with Crippen molar-refractivity contribution in [2.24, 2.45) is 0 Å². The van der Waals surface area contributed by atoms with Crippen molar-refractivity contribution < 1.29 is 14.7 Å². The molecule has 0 radical (unpaired) electrons. The van der Waals surface area contributed by atoms with E-state index in [9.17, 15) is 9.59 Å². The molecule has 0 fully saturated rings. The lowest BCUT2D eigenvalue weighted by atomic mass is 10.0. The fourth-order valence-electron chi connectivity index (χ4n) is 2.27. The minimum absolute atomic E-state index is 0.00876. The number of carboxylic acid groups (broad SMARTS) is 1. The van der Waals surface area contributed by atoms with Crippen LogP contribution in [0.15, 0.2) is 42.5 Å². The molecule has 0 aromatic heterocycles. The molecule has 23 heavy (non-hydrogen) atoms. The third-order valence-electron chi connectivity index (χ3n) is 3.90. The summed E-state index contributed by atoms with van der Waals surface area (Å²) < 4.78 is 0. The number of carbonyl (C=O) groups is 2. The quantitative estimate of drug-likeness (QED) is 0.860. The van der Waals surface area contributed by atoms with E-state index in [2.05, 4.69) is 37.4 Å². The Labute approximate surface area is 136 Å². The second-order valence-electron chi connectivity index (χ2n) is 5.70. The molecule has 0 unspecified atom stereocenters. The van der Waals surface area contributed by atoms with Crippen molar-refractivity contribution in [2.75, 3.05) is 0 Å². The van der Waals surface area contributed by atoms with Gasteiger partial charge in [-0.15, -0.1) is 0 Å². The highest BCUT2D eigenvalue weighted by molar-refractivity contribution is 5.87. The fourth-order valence-corrected chi connectivity index (χ4v) is 2.27. The number of nitrogens with one attached hydrogen (secondary N) is 1. The zero-order valence-corrected chi connectivity index (χ0v) is 13.4. The number of carboxylic acids is 1. The minimum Gasteiger partial charge on any atom is -0.478 e. The molecule has 120 valence electrons. The number of amides is 1. The lowest BCUT2D eigenvalue weighted by Crippen LogP contribution is -2.23. The van der Waals surface area contributed by atoms with E-state index in [1.807, 2.05) is 0 Å². The second kappa shape index (κ2) is 7.58. The van der Waals surface area contributed by atoms with Crippen molar-refractivity contribution in [2.45, 2.75) is 33.2 Å². The summed E-state index contributed by atoms with van der Waals surface area (Å²) in [5.74, 6) is -0.959. The van der Waals surface area contributed by atoms with Crippen LogP contribution in [0.4, 0.5) is 0 Å². The van der Waals surface area contributed by atoms with Crippen LogP contribution in [0.2, 0.25) is 0 Å². The lowest BCUT2D eigenvalue weighted by molar-refractivity contribution is -0.121. The topological polar surface area (TPSA) is 66.4 Å².